The molecule has 0 saturated heterocycles. The van der Waals surface area contributed by atoms with Crippen LogP contribution >= 0.6 is 22.9 Å². The Balaban J connectivity index is 1.55. The van der Waals surface area contributed by atoms with E-state index < -0.39 is 0 Å². The lowest BCUT2D eigenvalue weighted by atomic mass is 10.0. The van der Waals surface area contributed by atoms with Gasteiger partial charge in [-0.25, -0.2) is 4.52 Å². The van der Waals surface area contributed by atoms with Gasteiger partial charge in [0.15, 0.2) is 0 Å². The van der Waals surface area contributed by atoms with Gasteiger partial charge in [0, 0.05) is 22.0 Å². The summed E-state index contributed by atoms with van der Waals surface area (Å²) in [5, 5.41) is 9.81. The summed E-state index contributed by atoms with van der Waals surface area (Å²) in [5.74, 6) is -0.0232. The van der Waals surface area contributed by atoms with Crippen molar-refractivity contribution in [3.05, 3.63) is 75.6 Å². The van der Waals surface area contributed by atoms with E-state index in [9.17, 15) is 4.79 Å². The maximum absolute atomic E-state index is 12.2. The van der Waals surface area contributed by atoms with Crippen molar-refractivity contribution in [3.63, 3.8) is 0 Å². The van der Waals surface area contributed by atoms with Gasteiger partial charge in [0.05, 0.1) is 5.69 Å². The molecule has 0 aliphatic rings. The van der Waals surface area contributed by atoms with E-state index in [0.29, 0.717) is 5.02 Å². The highest BCUT2D eigenvalue weighted by Crippen LogP contribution is 2.28. The molecule has 28 heavy (non-hydrogen) atoms. The van der Waals surface area contributed by atoms with E-state index in [-0.39, 0.29) is 11.9 Å². The molecule has 0 unspecified atom stereocenters. The maximum atomic E-state index is 12.2. The van der Waals surface area contributed by atoms with Gasteiger partial charge >= 0.3 is 0 Å². The Hall–Kier alpha value is -2.96. The van der Waals surface area contributed by atoms with Crippen LogP contribution in [0.25, 0.3) is 22.3 Å². The van der Waals surface area contributed by atoms with E-state index in [1.54, 1.807) is 22.7 Å². The molecule has 5 nitrogen and oxygen atoms in total. The highest BCUT2D eigenvalue weighted by molar-refractivity contribution is 7.15. The summed E-state index contributed by atoms with van der Waals surface area (Å²) < 4.78 is 1.76. The quantitative estimate of drug-likeness (QED) is 0.461. The number of rotatable bonds is 4. The Morgan fingerprint density at radius 1 is 1.21 bits per heavy atom. The average Bonchev–Trinajstić information content (AvgIpc) is 3.21. The van der Waals surface area contributed by atoms with Crippen molar-refractivity contribution in [1.82, 2.24) is 14.6 Å². The Kier molecular flexibility index (Phi) is 4.98. The second kappa shape index (κ2) is 7.58. The zero-order chi connectivity index (χ0) is 19.7. The maximum Gasteiger partial charge on any atom is 0.250 e. The van der Waals surface area contributed by atoms with Crippen LogP contribution in [-0.2, 0) is 4.79 Å². The molecule has 2 aromatic heterocycles. The van der Waals surface area contributed by atoms with Crippen molar-refractivity contribution in [2.45, 2.75) is 13.8 Å². The fourth-order valence-corrected chi connectivity index (χ4v) is 3.98. The van der Waals surface area contributed by atoms with Gasteiger partial charge in [0.1, 0.15) is 0 Å². The van der Waals surface area contributed by atoms with Crippen molar-refractivity contribution in [2.24, 2.45) is 0 Å². The number of aryl methyl sites for hydroxylation is 2. The van der Waals surface area contributed by atoms with Gasteiger partial charge in [-0.05, 0) is 43.2 Å². The average molecular weight is 409 g/mol. The number of thiazole rings is 1. The highest BCUT2D eigenvalue weighted by atomic mass is 35.5. The number of hydrogen-bond acceptors (Lipinski definition) is 4. The summed E-state index contributed by atoms with van der Waals surface area (Å²) in [6.07, 6.45) is 3.13. The normalized spacial score (nSPS) is 11.4. The number of amides is 1. The summed E-state index contributed by atoms with van der Waals surface area (Å²) >= 11 is 7.44. The molecule has 0 saturated carbocycles. The standard InChI is InChI=1S/C21H17ClN4OS/c1-13-6-8-17(14(2)10-13)18-12-28-21-24-20(25-26(18)21)23-19(27)9-7-15-4-3-5-16(22)11-15/h3-12H,1-2H3,(H,23,25,27)/b9-7+. The first-order valence-corrected chi connectivity index (χ1v) is 9.92. The molecule has 0 bridgehead atoms. The molecular formula is C21H17ClN4OS. The smallest absolute Gasteiger partial charge is 0.250 e. The van der Waals surface area contributed by atoms with Gasteiger partial charge in [0.25, 0.3) is 11.9 Å². The summed E-state index contributed by atoms with van der Waals surface area (Å²) in [5.41, 5.74) is 5.29. The zero-order valence-corrected chi connectivity index (χ0v) is 16.9. The lowest BCUT2D eigenvalue weighted by Gasteiger charge is -2.05. The van der Waals surface area contributed by atoms with Crippen LogP contribution in [-0.4, -0.2) is 20.5 Å². The third kappa shape index (κ3) is 3.83. The molecule has 140 valence electrons. The minimum Gasteiger partial charge on any atom is -0.290 e. The minimum absolute atomic E-state index is 0.276. The Morgan fingerprint density at radius 2 is 2.07 bits per heavy atom. The zero-order valence-electron chi connectivity index (χ0n) is 15.3. The number of nitrogens with one attached hydrogen (secondary N) is 1. The molecule has 0 radical (unpaired) electrons. The van der Waals surface area contributed by atoms with Crippen molar-refractivity contribution >= 4 is 45.8 Å². The topological polar surface area (TPSA) is 59.3 Å². The van der Waals surface area contributed by atoms with E-state index in [0.717, 1.165) is 21.8 Å². The van der Waals surface area contributed by atoms with E-state index in [1.807, 2.05) is 17.5 Å². The second-order valence-corrected chi connectivity index (χ2v) is 7.72. The fraction of sp³-hybridized carbons (Fsp3) is 0.0952. The number of halogens is 1. The molecule has 0 aliphatic carbocycles. The van der Waals surface area contributed by atoms with E-state index in [1.165, 1.54) is 28.5 Å². The number of carbonyl (C=O) groups is 1. The summed E-state index contributed by atoms with van der Waals surface area (Å²) in [4.78, 5) is 17.3. The Labute approximate surface area is 171 Å². The van der Waals surface area contributed by atoms with Crippen molar-refractivity contribution in [2.75, 3.05) is 5.32 Å². The van der Waals surface area contributed by atoms with Crippen LogP contribution in [0, 0.1) is 13.8 Å². The molecule has 1 amide bonds. The molecule has 7 heteroatoms. The summed E-state index contributed by atoms with van der Waals surface area (Å²) in [7, 11) is 0. The molecule has 0 spiro atoms. The molecule has 2 aromatic carbocycles. The largest absolute Gasteiger partial charge is 0.290 e. The van der Waals surface area contributed by atoms with Gasteiger partial charge in [-0.3, -0.25) is 10.1 Å². The Bertz CT molecular complexity index is 1210. The van der Waals surface area contributed by atoms with Crippen LogP contribution in [0.4, 0.5) is 5.95 Å². The monoisotopic (exact) mass is 408 g/mol. The Morgan fingerprint density at radius 3 is 2.86 bits per heavy atom. The van der Waals surface area contributed by atoms with Gasteiger partial charge in [-0.1, -0.05) is 47.5 Å². The highest BCUT2D eigenvalue weighted by Gasteiger charge is 2.14. The van der Waals surface area contributed by atoms with Crippen molar-refractivity contribution < 1.29 is 4.79 Å². The third-order valence-corrected chi connectivity index (χ3v) is 5.30. The van der Waals surface area contributed by atoms with Crippen LogP contribution in [0.3, 0.4) is 0 Å². The number of fused-ring (bicyclic) bond motifs is 1. The molecule has 2 heterocycles. The second-order valence-electron chi connectivity index (χ2n) is 6.45. The SMILES string of the molecule is Cc1ccc(-c2csc3nc(NC(=O)/C=C/c4cccc(Cl)c4)nn23)c(C)c1. The number of nitrogens with zero attached hydrogens (tertiary/aromatic N) is 3. The van der Waals surface area contributed by atoms with Gasteiger partial charge in [-0.2, -0.15) is 4.98 Å². The molecular weight excluding hydrogens is 392 g/mol. The van der Waals surface area contributed by atoms with Crippen molar-refractivity contribution in [1.29, 1.82) is 0 Å². The minimum atomic E-state index is -0.300. The molecule has 0 atom stereocenters. The lowest BCUT2D eigenvalue weighted by molar-refractivity contribution is -0.111. The number of anilines is 1. The first kappa shape index (κ1) is 18.4. The molecule has 4 aromatic rings. The number of benzene rings is 2. The van der Waals surface area contributed by atoms with E-state index >= 15 is 0 Å². The van der Waals surface area contributed by atoms with Crippen molar-refractivity contribution in [3.8, 4) is 11.3 Å². The van der Waals surface area contributed by atoms with Crippen LogP contribution in [0.2, 0.25) is 5.02 Å². The molecule has 4 rings (SSSR count). The van der Waals surface area contributed by atoms with Crippen LogP contribution in [0.1, 0.15) is 16.7 Å². The summed E-state index contributed by atoms with van der Waals surface area (Å²) in [6, 6.07) is 13.6. The first-order chi connectivity index (χ1) is 13.5. The van der Waals surface area contributed by atoms with Gasteiger partial charge in [-0.15, -0.1) is 16.4 Å². The van der Waals surface area contributed by atoms with Gasteiger partial charge in [0.2, 0.25) is 4.96 Å². The van der Waals surface area contributed by atoms with Crippen LogP contribution in [0.5, 0.6) is 0 Å². The molecule has 0 fully saturated rings. The first-order valence-electron chi connectivity index (χ1n) is 8.66. The van der Waals surface area contributed by atoms with Gasteiger partial charge < -0.3 is 0 Å². The van der Waals surface area contributed by atoms with Crippen LogP contribution < -0.4 is 5.32 Å². The number of carbonyl (C=O) groups excluding carboxylic acids is 1. The lowest BCUT2D eigenvalue weighted by Crippen LogP contribution is -2.09. The van der Waals surface area contributed by atoms with E-state index in [2.05, 4.69) is 47.4 Å². The predicted octanol–water partition coefficient (Wildman–Crippen LogP) is 5.38. The molecule has 1 N–H and O–H groups in total. The number of hydrogen-bond donors (Lipinski definition) is 1. The number of aromatic nitrogens is 3. The fourth-order valence-electron chi connectivity index (χ4n) is 2.95. The summed E-state index contributed by atoms with van der Waals surface area (Å²) in [6.45, 7) is 4.14. The van der Waals surface area contributed by atoms with E-state index in [4.69, 9.17) is 11.6 Å². The third-order valence-electron chi connectivity index (χ3n) is 4.25. The predicted molar refractivity (Wildman–Crippen MR) is 115 cm³/mol. The molecule has 0 aliphatic heterocycles. The van der Waals surface area contributed by atoms with Crippen LogP contribution in [0.15, 0.2) is 53.9 Å².